The Morgan fingerprint density at radius 3 is 1.00 bits per heavy atom. The van der Waals surface area contributed by atoms with Crippen molar-refractivity contribution in [3.8, 4) is 0 Å². The van der Waals surface area contributed by atoms with E-state index in [1.807, 2.05) is 6.92 Å². The molecule has 0 saturated heterocycles. The third kappa shape index (κ3) is 10.7. The number of hydrogen-bond acceptors (Lipinski definition) is 10. The van der Waals surface area contributed by atoms with Crippen molar-refractivity contribution in [2.24, 2.45) is 0 Å². The van der Waals surface area contributed by atoms with E-state index in [2.05, 4.69) is 4.90 Å². The maximum absolute atomic E-state index is 5.84. The third-order valence-electron chi connectivity index (χ3n) is 5.72. The standard InChI is InChI=1S/C19H47NO9Si3/c1-10-29-32(27-8,28-9)19-13-16-20(14-11-17-30(21-2,22-3)23-4)15-12-18-31(24-5,25-6)26-7/h10-19H2,1-9H3. The maximum Gasteiger partial charge on any atom is 0.500 e. The summed E-state index contributed by atoms with van der Waals surface area (Å²) in [5.41, 5.74) is 0. The summed E-state index contributed by atoms with van der Waals surface area (Å²) in [6, 6.07) is 2.28. The van der Waals surface area contributed by atoms with Crippen LogP contribution in [0.4, 0.5) is 0 Å². The fourth-order valence-corrected chi connectivity index (χ4v) is 9.10. The highest BCUT2D eigenvalue weighted by molar-refractivity contribution is 6.61. The van der Waals surface area contributed by atoms with E-state index in [0.29, 0.717) is 6.61 Å². The molecule has 0 atom stereocenters. The lowest BCUT2D eigenvalue weighted by molar-refractivity contribution is 0.102. The number of nitrogens with zero attached hydrogens (tertiary/aromatic N) is 1. The van der Waals surface area contributed by atoms with Gasteiger partial charge < -0.3 is 44.7 Å². The van der Waals surface area contributed by atoms with Crippen LogP contribution in [0.25, 0.3) is 0 Å². The molecule has 0 aliphatic rings. The molecule has 0 aliphatic heterocycles. The summed E-state index contributed by atoms with van der Waals surface area (Å²) in [5, 5.41) is 0. The van der Waals surface area contributed by atoms with Crippen LogP contribution in [0.5, 0.6) is 0 Å². The minimum Gasteiger partial charge on any atom is -0.377 e. The molecular weight excluding hydrogens is 470 g/mol. The molecule has 0 unspecified atom stereocenters. The molecular formula is C19H47NO9Si3. The van der Waals surface area contributed by atoms with Gasteiger partial charge in [-0.05, 0) is 45.8 Å². The lowest BCUT2D eigenvalue weighted by Crippen LogP contribution is -2.45. The minimum absolute atomic E-state index is 0.577. The summed E-state index contributed by atoms with van der Waals surface area (Å²) in [4.78, 5) is 2.43. The Kier molecular flexibility index (Phi) is 17.8. The second-order valence-corrected chi connectivity index (χ2v) is 16.4. The molecule has 0 aliphatic carbocycles. The monoisotopic (exact) mass is 517 g/mol. The summed E-state index contributed by atoms with van der Waals surface area (Å²) in [5.74, 6) is 0. The number of hydrogen-bond donors (Lipinski definition) is 0. The van der Waals surface area contributed by atoms with Gasteiger partial charge in [0.2, 0.25) is 0 Å². The van der Waals surface area contributed by atoms with Crippen LogP contribution >= 0.6 is 0 Å². The lowest BCUT2D eigenvalue weighted by atomic mass is 10.3. The summed E-state index contributed by atoms with van der Waals surface area (Å²) in [7, 11) is 5.46. The first-order chi connectivity index (χ1) is 15.3. The second kappa shape index (κ2) is 17.7. The van der Waals surface area contributed by atoms with Crippen molar-refractivity contribution in [2.75, 3.05) is 83.1 Å². The molecule has 0 spiro atoms. The molecule has 0 radical (unpaired) electrons. The van der Waals surface area contributed by atoms with Crippen molar-refractivity contribution < 1.29 is 39.8 Å². The minimum atomic E-state index is -2.60. The second-order valence-electron chi connectivity index (χ2n) is 7.27. The largest absolute Gasteiger partial charge is 0.500 e. The van der Waals surface area contributed by atoms with Gasteiger partial charge in [0.05, 0.1) is 0 Å². The van der Waals surface area contributed by atoms with E-state index in [1.165, 1.54) is 0 Å². The molecule has 10 nitrogen and oxygen atoms in total. The van der Waals surface area contributed by atoms with Crippen LogP contribution in [-0.4, -0.2) is 114 Å². The highest BCUT2D eigenvalue weighted by Gasteiger charge is 2.39. The van der Waals surface area contributed by atoms with Crippen LogP contribution in [0, 0.1) is 0 Å². The fraction of sp³-hybridized carbons (Fsp3) is 1.00. The van der Waals surface area contributed by atoms with Gasteiger partial charge in [-0.2, -0.15) is 0 Å². The third-order valence-corrected chi connectivity index (χ3v) is 14.3. The number of rotatable bonds is 22. The van der Waals surface area contributed by atoms with E-state index in [9.17, 15) is 0 Å². The topological polar surface area (TPSA) is 86.3 Å². The zero-order valence-corrected chi connectivity index (χ0v) is 24.7. The van der Waals surface area contributed by atoms with Gasteiger partial charge in [-0.25, -0.2) is 0 Å². The summed E-state index contributed by atoms with van der Waals surface area (Å²) in [6.07, 6.45) is 2.73. The van der Waals surface area contributed by atoms with Gasteiger partial charge in [0.25, 0.3) is 0 Å². The molecule has 194 valence electrons. The molecule has 0 aromatic rings. The average Bonchev–Trinajstić information content (AvgIpc) is 2.84. The molecule has 0 amide bonds. The first-order valence-corrected chi connectivity index (χ1v) is 16.9. The molecule has 0 aromatic heterocycles. The Morgan fingerprint density at radius 2 is 0.750 bits per heavy atom. The predicted octanol–water partition coefficient (Wildman–Crippen LogP) is 2.48. The normalized spacial score (nSPS) is 13.3. The van der Waals surface area contributed by atoms with E-state index < -0.39 is 26.4 Å². The van der Waals surface area contributed by atoms with Crippen molar-refractivity contribution in [1.29, 1.82) is 0 Å². The Hall–Kier alpha value is 0.251. The van der Waals surface area contributed by atoms with Crippen LogP contribution in [0.2, 0.25) is 18.1 Å². The summed E-state index contributed by atoms with van der Waals surface area (Å²) in [6.45, 7) is 5.23. The van der Waals surface area contributed by atoms with Crippen molar-refractivity contribution in [1.82, 2.24) is 4.90 Å². The quantitative estimate of drug-likeness (QED) is 0.200. The van der Waals surface area contributed by atoms with Gasteiger partial charge in [0.15, 0.2) is 0 Å². The maximum atomic E-state index is 5.84. The summed E-state index contributed by atoms with van der Waals surface area (Å²) < 4.78 is 50.5. The molecule has 0 fully saturated rings. The zero-order chi connectivity index (χ0) is 24.5. The van der Waals surface area contributed by atoms with Crippen molar-refractivity contribution in [3.05, 3.63) is 0 Å². The first kappa shape index (κ1) is 32.3. The highest BCUT2D eigenvalue weighted by atomic mass is 28.4. The Balaban J connectivity index is 4.97. The van der Waals surface area contributed by atoms with E-state index >= 15 is 0 Å². The van der Waals surface area contributed by atoms with Crippen molar-refractivity contribution in [3.63, 3.8) is 0 Å². The molecule has 0 bridgehead atoms. The molecule has 0 heterocycles. The van der Waals surface area contributed by atoms with Crippen LogP contribution in [0.1, 0.15) is 26.2 Å². The molecule has 0 N–H and O–H groups in total. The first-order valence-electron chi connectivity index (χ1n) is 11.1. The molecule has 0 aromatic carbocycles. The lowest BCUT2D eigenvalue weighted by Gasteiger charge is -2.29. The Bertz CT molecular complexity index is 411. The van der Waals surface area contributed by atoms with Gasteiger partial charge in [0, 0.05) is 81.6 Å². The average molecular weight is 518 g/mol. The van der Waals surface area contributed by atoms with Gasteiger partial charge in [-0.3, -0.25) is 0 Å². The van der Waals surface area contributed by atoms with E-state index in [-0.39, 0.29) is 0 Å². The molecule has 13 heteroatoms. The van der Waals surface area contributed by atoms with Crippen LogP contribution in [0.3, 0.4) is 0 Å². The smallest absolute Gasteiger partial charge is 0.377 e. The van der Waals surface area contributed by atoms with Gasteiger partial charge in [-0.15, -0.1) is 0 Å². The van der Waals surface area contributed by atoms with Crippen LogP contribution in [-0.2, 0) is 39.8 Å². The predicted molar refractivity (Wildman–Crippen MR) is 130 cm³/mol. The zero-order valence-electron chi connectivity index (χ0n) is 21.7. The highest BCUT2D eigenvalue weighted by Crippen LogP contribution is 2.20. The van der Waals surface area contributed by atoms with Gasteiger partial charge in [0.1, 0.15) is 0 Å². The van der Waals surface area contributed by atoms with E-state index in [0.717, 1.165) is 57.0 Å². The summed E-state index contributed by atoms with van der Waals surface area (Å²) >= 11 is 0. The van der Waals surface area contributed by atoms with Crippen molar-refractivity contribution in [2.45, 2.75) is 44.3 Å². The molecule has 32 heavy (non-hydrogen) atoms. The SMILES string of the molecule is CCO[Si](CCCN(CCC[Si](OC)(OC)OC)CCC[Si](OC)(OC)OC)(OC)OC. The van der Waals surface area contributed by atoms with E-state index in [4.69, 9.17) is 39.8 Å². The van der Waals surface area contributed by atoms with E-state index in [1.54, 1.807) is 56.9 Å². The Labute approximate surface area is 198 Å². The van der Waals surface area contributed by atoms with Gasteiger partial charge in [-0.1, -0.05) is 0 Å². The molecule has 0 rings (SSSR count). The Morgan fingerprint density at radius 1 is 0.469 bits per heavy atom. The van der Waals surface area contributed by atoms with Crippen LogP contribution < -0.4 is 0 Å². The van der Waals surface area contributed by atoms with Gasteiger partial charge >= 0.3 is 26.4 Å². The fourth-order valence-electron chi connectivity index (χ4n) is 3.70. The van der Waals surface area contributed by atoms with Crippen LogP contribution in [0.15, 0.2) is 0 Å². The van der Waals surface area contributed by atoms with Crippen molar-refractivity contribution >= 4 is 26.4 Å². The molecule has 0 saturated carbocycles.